The molecule has 0 saturated heterocycles. The van der Waals surface area contributed by atoms with Gasteiger partial charge < -0.3 is 5.73 Å². The van der Waals surface area contributed by atoms with Crippen molar-refractivity contribution in [3.63, 3.8) is 0 Å². The summed E-state index contributed by atoms with van der Waals surface area (Å²) in [6, 6.07) is 5.08. The minimum atomic E-state index is -3.83. The number of halogens is 1. The number of nitrogens with zero attached hydrogens (tertiary/aromatic N) is 2. The zero-order valence-electron chi connectivity index (χ0n) is 10.4. The van der Waals surface area contributed by atoms with Gasteiger partial charge in [-0.15, -0.1) is 0 Å². The summed E-state index contributed by atoms with van der Waals surface area (Å²) in [5, 5.41) is 3.75. The fourth-order valence-electron chi connectivity index (χ4n) is 1.65. The van der Waals surface area contributed by atoms with Gasteiger partial charge in [0.05, 0.1) is 22.6 Å². The van der Waals surface area contributed by atoms with Crippen LogP contribution in [0.25, 0.3) is 0 Å². The van der Waals surface area contributed by atoms with Crippen molar-refractivity contribution in [3.05, 3.63) is 35.0 Å². The number of nitrogen functional groups attached to an aromatic ring is 1. The maximum absolute atomic E-state index is 12.3. The number of benzene rings is 1. The van der Waals surface area contributed by atoms with Crippen molar-refractivity contribution in [2.75, 3.05) is 10.5 Å². The summed E-state index contributed by atoms with van der Waals surface area (Å²) in [7, 11) is -2.33. The van der Waals surface area contributed by atoms with Crippen molar-refractivity contribution in [2.45, 2.75) is 11.9 Å². The number of aromatic nitrogens is 2. The Labute approximate surface area is 116 Å². The van der Waals surface area contributed by atoms with Crippen LogP contribution in [0.15, 0.2) is 29.4 Å². The molecular weight excluding hydrogens is 288 g/mol. The molecule has 0 fully saturated rings. The van der Waals surface area contributed by atoms with Gasteiger partial charge in [-0.2, -0.15) is 13.5 Å². The van der Waals surface area contributed by atoms with Crippen LogP contribution in [0.5, 0.6) is 0 Å². The summed E-state index contributed by atoms with van der Waals surface area (Å²) in [5.74, 6) is 0. The van der Waals surface area contributed by atoms with E-state index >= 15 is 0 Å². The van der Waals surface area contributed by atoms with Crippen molar-refractivity contribution in [1.82, 2.24) is 9.78 Å². The normalized spacial score (nSPS) is 11.5. The molecule has 6 nitrogen and oxygen atoms in total. The van der Waals surface area contributed by atoms with E-state index < -0.39 is 10.0 Å². The molecule has 0 spiro atoms. The highest BCUT2D eigenvalue weighted by molar-refractivity contribution is 7.92. The third kappa shape index (κ3) is 2.66. The lowest BCUT2D eigenvalue weighted by molar-refractivity contribution is 0.582. The molecule has 0 bridgehead atoms. The highest BCUT2D eigenvalue weighted by atomic mass is 35.5. The van der Waals surface area contributed by atoms with Gasteiger partial charge in [0.25, 0.3) is 10.0 Å². The lowest BCUT2D eigenvalue weighted by atomic mass is 10.2. The monoisotopic (exact) mass is 300 g/mol. The quantitative estimate of drug-likeness (QED) is 0.845. The number of rotatable bonds is 3. The van der Waals surface area contributed by atoms with E-state index in [9.17, 15) is 8.42 Å². The molecule has 0 aliphatic carbocycles. The third-order valence-corrected chi connectivity index (χ3v) is 4.42. The molecular formula is C11H13ClN4O2S. The molecule has 3 N–H and O–H groups in total. The fraction of sp³-hybridized carbons (Fsp3) is 0.182. The van der Waals surface area contributed by atoms with Crippen LogP contribution < -0.4 is 10.5 Å². The van der Waals surface area contributed by atoms with Crippen LogP contribution in [-0.4, -0.2) is 18.2 Å². The summed E-state index contributed by atoms with van der Waals surface area (Å²) in [6.45, 7) is 1.84. The zero-order valence-corrected chi connectivity index (χ0v) is 12.0. The van der Waals surface area contributed by atoms with Crippen LogP contribution >= 0.6 is 11.6 Å². The average molecular weight is 301 g/mol. The molecule has 0 unspecified atom stereocenters. The van der Waals surface area contributed by atoms with Gasteiger partial charge in [-0.25, -0.2) is 0 Å². The van der Waals surface area contributed by atoms with Crippen molar-refractivity contribution >= 4 is 33.0 Å². The van der Waals surface area contributed by atoms with Crippen LogP contribution in [0.1, 0.15) is 5.56 Å². The lowest BCUT2D eigenvalue weighted by Gasteiger charge is -2.11. The molecule has 1 aromatic carbocycles. The van der Waals surface area contributed by atoms with Crippen LogP contribution in [0.4, 0.5) is 11.4 Å². The SMILES string of the molecule is Cc1ccc(N)c(NS(=O)(=O)c2c(Cl)cnn2C)c1. The molecule has 2 rings (SSSR count). The molecule has 0 amide bonds. The summed E-state index contributed by atoms with van der Waals surface area (Å²) in [4.78, 5) is 0. The average Bonchev–Trinajstić information content (AvgIpc) is 2.64. The molecule has 1 aromatic heterocycles. The predicted molar refractivity (Wildman–Crippen MR) is 74.6 cm³/mol. The molecule has 0 atom stereocenters. The van der Waals surface area contributed by atoms with Gasteiger partial charge in [-0.05, 0) is 24.6 Å². The Kier molecular flexibility index (Phi) is 3.42. The summed E-state index contributed by atoms with van der Waals surface area (Å²) in [6.07, 6.45) is 1.27. The smallest absolute Gasteiger partial charge is 0.280 e. The van der Waals surface area contributed by atoms with E-state index in [1.54, 1.807) is 18.2 Å². The molecule has 1 heterocycles. The van der Waals surface area contributed by atoms with Gasteiger partial charge in [-0.1, -0.05) is 17.7 Å². The maximum Gasteiger partial charge on any atom is 0.280 e. The molecule has 0 saturated carbocycles. The first-order valence-electron chi connectivity index (χ1n) is 5.37. The number of aryl methyl sites for hydroxylation is 2. The molecule has 0 radical (unpaired) electrons. The molecule has 0 aliphatic rings. The van der Waals surface area contributed by atoms with Crippen molar-refractivity contribution in [2.24, 2.45) is 7.05 Å². The lowest BCUT2D eigenvalue weighted by Crippen LogP contribution is -2.18. The number of hydrogen-bond acceptors (Lipinski definition) is 4. The van der Waals surface area contributed by atoms with Crippen LogP contribution in [0, 0.1) is 6.92 Å². The van der Waals surface area contributed by atoms with E-state index in [1.807, 2.05) is 6.92 Å². The van der Waals surface area contributed by atoms with E-state index in [2.05, 4.69) is 9.82 Å². The van der Waals surface area contributed by atoms with Crippen molar-refractivity contribution in [3.8, 4) is 0 Å². The number of anilines is 2. The molecule has 8 heteroatoms. The fourth-order valence-corrected chi connectivity index (χ4v) is 3.39. The second-order valence-corrected chi connectivity index (χ2v) is 6.12. The Morgan fingerprint density at radius 3 is 2.68 bits per heavy atom. The molecule has 0 aliphatic heterocycles. The second-order valence-electron chi connectivity index (χ2n) is 4.12. The summed E-state index contributed by atoms with van der Waals surface area (Å²) < 4.78 is 28.1. The first-order valence-corrected chi connectivity index (χ1v) is 7.24. The highest BCUT2D eigenvalue weighted by Gasteiger charge is 2.23. The van der Waals surface area contributed by atoms with Gasteiger partial charge in [0.2, 0.25) is 0 Å². The topological polar surface area (TPSA) is 90.0 Å². The first-order chi connectivity index (χ1) is 8.81. The minimum absolute atomic E-state index is 0.0567. The van der Waals surface area contributed by atoms with Gasteiger partial charge in [0.15, 0.2) is 5.03 Å². The Morgan fingerprint density at radius 1 is 1.42 bits per heavy atom. The van der Waals surface area contributed by atoms with E-state index in [1.165, 1.54) is 17.9 Å². The van der Waals surface area contributed by atoms with E-state index in [4.69, 9.17) is 17.3 Å². The van der Waals surface area contributed by atoms with E-state index in [0.29, 0.717) is 11.4 Å². The third-order valence-electron chi connectivity index (χ3n) is 2.55. The number of nitrogens with two attached hydrogens (primary N) is 1. The second kappa shape index (κ2) is 4.75. The van der Waals surface area contributed by atoms with Crippen molar-refractivity contribution in [1.29, 1.82) is 0 Å². The van der Waals surface area contributed by atoms with Gasteiger partial charge in [-0.3, -0.25) is 9.40 Å². The molecule has 102 valence electrons. The summed E-state index contributed by atoms with van der Waals surface area (Å²) >= 11 is 5.83. The van der Waals surface area contributed by atoms with Crippen LogP contribution in [0.3, 0.4) is 0 Å². The number of sulfonamides is 1. The summed E-state index contributed by atoms with van der Waals surface area (Å²) in [5.41, 5.74) is 7.29. The Bertz CT molecular complexity index is 705. The van der Waals surface area contributed by atoms with Gasteiger partial charge in [0.1, 0.15) is 0 Å². The molecule has 2 aromatic rings. The van der Waals surface area contributed by atoms with E-state index in [0.717, 1.165) is 5.56 Å². The maximum atomic E-state index is 12.3. The van der Waals surface area contributed by atoms with Crippen LogP contribution in [0.2, 0.25) is 5.02 Å². The Hall–Kier alpha value is -1.73. The predicted octanol–water partition coefficient (Wildman–Crippen LogP) is 1.76. The standard InChI is InChI=1S/C11H13ClN4O2S/c1-7-3-4-9(13)10(5-7)15-19(17,18)11-8(12)6-14-16(11)2/h3-6,15H,13H2,1-2H3. The first kappa shape index (κ1) is 13.7. The Balaban J connectivity index is 2.45. The highest BCUT2D eigenvalue weighted by Crippen LogP contribution is 2.26. The number of hydrogen-bond donors (Lipinski definition) is 2. The zero-order chi connectivity index (χ0) is 14.2. The number of nitrogens with one attached hydrogen (secondary N) is 1. The largest absolute Gasteiger partial charge is 0.397 e. The van der Waals surface area contributed by atoms with Crippen molar-refractivity contribution < 1.29 is 8.42 Å². The van der Waals surface area contributed by atoms with E-state index in [-0.39, 0.29) is 10.0 Å². The van der Waals surface area contributed by atoms with Gasteiger partial charge >= 0.3 is 0 Å². The molecule has 19 heavy (non-hydrogen) atoms. The Morgan fingerprint density at radius 2 is 2.11 bits per heavy atom. The van der Waals surface area contributed by atoms with Crippen LogP contribution in [-0.2, 0) is 17.1 Å². The minimum Gasteiger partial charge on any atom is -0.397 e. The van der Waals surface area contributed by atoms with Gasteiger partial charge in [0, 0.05) is 7.05 Å².